The predicted octanol–water partition coefficient (Wildman–Crippen LogP) is 2.56. The zero-order chi connectivity index (χ0) is 20.5. The molecule has 8 heteroatoms. The lowest BCUT2D eigenvalue weighted by Crippen LogP contribution is -2.39. The Kier molecular flexibility index (Phi) is 8.51. The summed E-state index contributed by atoms with van der Waals surface area (Å²) in [5.41, 5.74) is 1.31. The molecule has 0 amide bonds. The zero-order valence-electron chi connectivity index (χ0n) is 16.6. The molecule has 0 spiro atoms. The predicted molar refractivity (Wildman–Crippen MR) is 106 cm³/mol. The zero-order valence-corrected chi connectivity index (χ0v) is 16.6. The van der Waals surface area contributed by atoms with Crippen LogP contribution in [0.3, 0.4) is 0 Å². The number of aliphatic hydroxyl groups excluding tert-OH is 1. The number of anilines is 1. The van der Waals surface area contributed by atoms with E-state index in [0.29, 0.717) is 24.3 Å². The van der Waals surface area contributed by atoms with Gasteiger partial charge in [-0.05, 0) is 19.3 Å². The van der Waals surface area contributed by atoms with E-state index in [1.165, 1.54) is 13.2 Å². The van der Waals surface area contributed by atoms with E-state index in [4.69, 9.17) is 19.3 Å². The fourth-order valence-corrected chi connectivity index (χ4v) is 3.44. The Hall–Kier alpha value is -2.34. The summed E-state index contributed by atoms with van der Waals surface area (Å²) < 4.78 is 16.0. The van der Waals surface area contributed by atoms with E-state index >= 15 is 0 Å². The molecular formula is C20H28N2O6. The molecule has 154 valence electrons. The van der Waals surface area contributed by atoms with Crippen molar-refractivity contribution in [2.45, 2.75) is 32.0 Å². The molecule has 1 saturated heterocycles. The van der Waals surface area contributed by atoms with E-state index in [2.05, 4.69) is 16.7 Å². The van der Waals surface area contributed by atoms with E-state index in [-0.39, 0.29) is 24.3 Å². The van der Waals surface area contributed by atoms with Gasteiger partial charge in [0.05, 0.1) is 23.3 Å². The average Bonchev–Trinajstić information content (AvgIpc) is 2.72. The van der Waals surface area contributed by atoms with Crippen LogP contribution >= 0.6 is 0 Å². The van der Waals surface area contributed by atoms with Crippen molar-refractivity contribution >= 4 is 11.4 Å². The van der Waals surface area contributed by atoms with Crippen molar-refractivity contribution in [3.05, 3.63) is 27.8 Å². The third-order valence-electron chi connectivity index (χ3n) is 4.91. The molecule has 0 atom stereocenters. The molecule has 0 unspecified atom stereocenters. The molecule has 0 aromatic heterocycles. The van der Waals surface area contributed by atoms with Crippen LogP contribution in [0.25, 0.3) is 0 Å². The summed E-state index contributed by atoms with van der Waals surface area (Å²) in [5.74, 6) is 6.54. The molecule has 1 aromatic rings. The number of nitro groups is 1. The van der Waals surface area contributed by atoms with Crippen LogP contribution in [0.1, 0.15) is 31.2 Å². The van der Waals surface area contributed by atoms with E-state index in [1.54, 1.807) is 20.3 Å². The third-order valence-corrected chi connectivity index (χ3v) is 4.91. The summed E-state index contributed by atoms with van der Waals surface area (Å²) in [4.78, 5) is 13.1. The number of piperidine rings is 1. The molecule has 0 radical (unpaired) electrons. The summed E-state index contributed by atoms with van der Waals surface area (Å²) >= 11 is 0. The largest absolute Gasteiger partial charge is 0.490 e. The molecule has 2 rings (SSSR count). The standard InChI is InChI=1S/C20H28N2O6/c1-26-19-14-17(21-10-8-15(9-11-21)20(27-2)28-3)16(7-5-4-6-12-23)13-18(19)22(24)25/h13-15,20,23H,4,6,8-12H2,1-3H3. The lowest BCUT2D eigenvalue weighted by atomic mass is 9.95. The highest BCUT2D eigenvalue weighted by atomic mass is 16.7. The fraction of sp³-hybridized carbons (Fsp3) is 0.600. The quantitative estimate of drug-likeness (QED) is 0.239. The Labute approximate surface area is 165 Å². The minimum absolute atomic E-state index is 0.0674. The molecule has 1 heterocycles. The van der Waals surface area contributed by atoms with Crippen LogP contribution in [-0.4, -0.2) is 57.3 Å². The maximum Gasteiger partial charge on any atom is 0.312 e. The number of methoxy groups -OCH3 is 3. The Balaban J connectivity index is 2.30. The van der Waals surface area contributed by atoms with Crippen LogP contribution in [0, 0.1) is 27.9 Å². The van der Waals surface area contributed by atoms with Crippen molar-refractivity contribution < 1.29 is 24.2 Å². The molecule has 28 heavy (non-hydrogen) atoms. The highest BCUT2D eigenvalue weighted by Gasteiger charge is 2.29. The van der Waals surface area contributed by atoms with Crippen molar-refractivity contribution in [1.29, 1.82) is 0 Å². The topological polar surface area (TPSA) is 94.3 Å². The first-order chi connectivity index (χ1) is 13.5. The first kappa shape index (κ1) is 22.0. The lowest BCUT2D eigenvalue weighted by Gasteiger charge is -2.36. The number of nitrogens with zero attached hydrogens (tertiary/aromatic N) is 2. The maximum absolute atomic E-state index is 11.4. The smallest absolute Gasteiger partial charge is 0.312 e. The fourth-order valence-electron chi connectivity index (χ4n) is 3.44. The molecule has 0 aliphatic carbocycles. The van der Waals surface area contributed by atoms with Gasteiger partial charge in [-0.2, -0.15) is 0 Å². The molecule has 0 bridgehead atoms. The van der Waals surface area contributed by atoms with Crippen LogP contribution in [0.2, 0.25) is 0 Å². The number of aliphatic hydroxyl groups is 1. The van der Waals surface area contributed by atoms with Gasteiger partial charge in [-0.25, -0.2) is 0 Å². The normalized spacial score (nSPS) is 14.7. The Morgan fingerprint density at radius 1 is 1.29 bits per heavy atom. The molecule has 8 nitrogen and oxygen atoms in total. The molecular weight excluding hydrogens is 364 g/mol. The number of nitro benzene ring substituents is 1. The molecule has 1 aliphatic heterocycles. The summed E-state index contributed by atoms with van der Waals surface area (Å²) in [6.07, 6.45) is 2.63. The summed E-state index contributed by atoms with van der Waals surface area (Å²) in [6, 6.07) is 3.16. The average molecular weight is 392 g/mol. The van der Waals surface area contributed by atoms with Crippen LogP contribution in [0.5, 0.6) is 5.75 Å². The second kappa shape index (κ2) is 10.9. The van der Waals surface area contributed by atoms with Crippen molar-refractivity contribution in [2.75, 3.05) is 45.9 Å². The highest BCUT2D eigenvalue weighted by Crippen LogP contribution is 2.36. The summed E-state index contributed by atoms with van der Waals surface area (Å²) in [6.45, 7) is 1.60. The van der Waals surface area contributed by atoms with Gasteiger partial charge < -0.3 is 24.2 Å². The van der Waals surface area contributed by atoms with Gasteiger partial charge >= 0.3 is 5.69 Å². The van der Waals surface area contributed by atoms with Gasteiger partial charge in [0, 0.05) is 58.4 Å². The van der Waals surface area contributed by atoms with Gasteiger partial charge in [0.15, 0.2) is 12.0 Å². The Morgan fingerprint density at radius 2 is 1.96 bits per heavy atom. The molecule has 1 aliphatic rings. The van der Waals surface area contributed by atoms with Gasteiger partial charge in [-0.3, -0.25) is 10.1 Å². The highest BCUT2D eigenvalue weighted by molar-refractivity contribution is 5.69. The molecule has 0 saturated carbocycles. The maximum atomic E-state index is 11.4. The number of benzene rings is 1. The molecule has 1 fully saturated rings. The Bertz CT molecular complexity index is 715. The van der Waals surface area contributed by atoms with Crippen molar-refractivity contribution in [3.63, 3.8) is 0 Å². The number of unbranched alkanes of at least 4 members (excludes halogenated alkanes) is 1. The van der Waals surface area contributed by atoms with Crippen LogP contribution < -0.4 is 9.64 Å². The number of ether oxygens (including phenoxy) is 3. The SMILES string of the molecule is COc1cc(N2CCC(C(OC)OC)CC2)c(C#CCCCO)cc1[N+](=O)[O-]. The minimum atomic E-state index is -0.463. The Morgan fingerprint density at radius 3 is 2.50 bits per heavy atom. The van der Waals surface area contributed by atoms with Gasteiger partial charge in [-0.1, -0.05) is 11.8 Å². The van der Waals surface area contributed by atoms with E-state index in [0.717, 1.165) is 31.6 Å². The van der Waals surface area contributed by atoms with Crippen molar-refractivity contribution in [1.82, 2.24) is 0 Å². The van der Waals surface area contributed by atoms with Crippen LogP contribution in [0.15, 0.2) is 12.1 Å². The van der Waals surface area contributed by atoms with Gasteiger partial charge in [-0.15, -0.1) is 0 Å². The van der Waals surface area contributed by atoms with E-state index in [9.17, 15) is 10.1 Å². The lowest BCUT2D eigenvalue weighted by molar-refractivity contribution is -0.385. The number of rotatable bonds is 8. The van der Waals surface area contributed by atoms with E-state index in [1.807, 2.05) is 0 Å². The monoisotopic (exact) mass is 392 g/mol. The first-order valence-corrected chi connectivity index (χ1v) is 9.32. The van der Waals surface area contributed by atoms with Gasteiger partial charge in [0.25, 0.3) is 0 Å². The number of hydrogen-bond donors (Lipinski definition) is 1. The first-order valence-electron chi connectivity index (χ1n) is 9.32. The molecule has 1 aromatic carbocycles. The number of hydrogen-bond acceptors (Lipinski definition) is 7. The van der Waals surface area contributed by atoms with Crippen molar-refractivity contribution in [3.8, 4) is 17.6 Å². The second-order valence-electron chi connectivity index (χ2n) is 6.59. The molecule has 1 N–H and O–H groups in total. The van der Waals surface area contributed by atoms with E-state index < -0.39 is 4.92 Å². The summed E-state index contributed by atoms with van der Waals surface area (Å²) in [7, 11) is 4.70. The summed E-state index contributed by atoms with van der Waals surface area (Å²) in [5, 5.41) is 20.3. The third kappa shape index (κ3) is 5.35. The van der Waals surface area contributed by atoms with Crippen molar-refractivity contribution in [2.24, 2.45) is 5.92 Å². The van der Waals surface area contributed by atoms with Crippen LogP contribution in [0.4, 0.5) is 11.4 Å². The van der Waals surface area contributed by atoms with Gasteiger partial charge in [0.2, 0.25) is 0 Å². The van der Waals surface area contributed by atoms with Crippen LogP contribution in [-0.2, 0) is 9.47 Å². The second-order valence-corrected chi connectivity index (χ2v) is 6.59. The van der Waals surface area contributed by atoms with Gasteiger partial charge in [0.1, 0.15) is 0 Å². The minimum Gasteiger partial charge on any atom is -0.490 e.